The molecule has 0 atom stereocenters. The predicted octanol–water partition coefficient (Wildman–Crippen LogP) is 4.81. The van der Waals surface area contributed by atoms with Crippen LogP contribution in [-0.2, 0) is 9.59 Å². The second kappa shape index (κ2) is 8.29. The molecule has 152 valence electrons. The van der Waals surface area contributed by atoms with Gasteiger partial charge in [-0.05, 0) is 49.1 Å². The summed E-state index contributed by atoms with van der Waals surface area (Å²) in [5.41, 5.74) is 4.06. The lowest BCUT2D eigenvalue weighted by atomic mass is 9.97. The van der Waals surface area contributed by atoms with Crippen molar-refractivity contribution in [3.05, 3.63) is 63.8 Å². The van der Waals surface area contributed by atoms with E-state index in [1.54, 1.807) is 18.2 Å². The van der Waals surface area contributed by atoms with Crippen LogP contribution in [-0.4, -0.2) is 30.4 Å². The van der Waals surface area contributed by atoms with E-state index in [0.29, 0.717) is 28.6 Å². The summed E-state index contributed by atoms with van der Waals surface area (Å²) < 4.78 is 5.19. The van der Waals surface area contributed by atoms with Gasteiger partial charge in [-0.1, -0.05) is 49.2 Å². The fraction of sp³-hybridized carbons (Fsp3) is 0.304. The van der Waals surface area contributed by atoms with Gasteiger partial charge in [0.25, 0.3) is 11.8 Å². The normalized spacial score (nSPS) is 14.2. The third kappa shape index (κ3) is 4.15. The van der Waals surface area contributed by atoms with Gasteiger partial charge in [-0.25, -0.2) is 0 Å². The lowest BCUT2D eigenvalue weighted by Gasteiger charge is -2.17. The first kappa shape index (κ1) is 20.9. The van der Waals surface area contributed by atoms with Crippen molar-refractivity contribution in [3.8, 4) is 5.75 Å². The van der Waals surface area contributed by atoms with Crippen LogP contribution in [0, 0.1) is 19.8 Å². The van der Waals surface area contributed by atoms with Gasteiger partial charge in [0.2, 0.25) is 0 Å². The van der Waals surface area contributed by atoms with Gasteiger partial charge in [0.05, 0.1) is 17.7 Å². The third-order valence-electron chi connectivity index (χ3n) is 4.79. The zero-order chi connectivity index (χ0) is 21.3. The molecule has 29 heavy (non-hydrogen) atoms. The van der Waals surface area contributed by atoms with Crippen molar-refractivity contribution in [2.75, 3.05) is 19.0 Å². The summed E-state index contributed by atoms with van der Waals surface area (Å²) >= 11 is 6.23. The molecule has 0 bridgehead atoms. The number of nitrogens with one attached hydrogen (secondary N) is 1. The first-order chi connectivity index (χ1) is 13.7. The molecule has 5 nitrogen and oxygen atoms in total. The molecule has 3 rings (SSSR count). The van der Waals surface area contributed by atoms with E-state index in [2.05, 4.69) is 5.32 Å². The van der Waals surface area contributed by atoms with Crippen molar-refractivity contribution in [3.63, 3.8) is 0 Å². The van der Waals surface area contributed by atoms with Gasteiger partial charge >= 0.3 is 0 Å². The summed E-state index contributed by atoms with van der Waals surface area (Å²) in [6.45, 7) is 8.26. The SMILES string of the molecule is COc1ccc(NC2=C(c3ccc(C)cc3C)C(=O)N(CC(C)C)C2=O)cc1Cl. The monoisotopic (exact) mass is 412 g/mol. The Morgan fingerprint density at radius 3 is 2.38 bits per heavy atom. The fourth-order valence-electron chi connectivity index (χ4n) is 3.46. The van der Waals surface area contributed by atoms with Crippen LogP contribution in [0.4, 0.5) is 5.69 Å². The predicted molar refractivity (Wildman–Crippen MR) is 116 cm³/mol. The molecule has 0 fully saturated rings. The van der Waals surface area contributed by atoms with E-state index in [1.165, 1.54) is 12.0 Å². The molecule has 2 aromatic rings. The molecule has 1 aliphatic rings. The molecule has 1 aliphatic heterocycles. The number of methoxy groups -OCH3 is 1. The van der Waals surface area contributed by atoms with Crippen molar-refractivity contribution in [1.82, 2.24) is 4.90 Å². The third-order valence-corrected chi connectivity index (χ3v) is 5.08. The quantitative estimate of drug-likeness (QED) is 0.691. The number of halogens is 1. The minimum Gasteiger partial charge on any atom is -0.495 e. The lowest BCUT2D eigenvalue weighted by molar-refractivity contribution is -0.137. The molecule has 0 saturated heterocycles. The van der Waals surface area contributed by atoms with Crippen LogP contribution >= 0.6 is 11.6 Å². The van der Waals surface area contributed by atoms with E-state index < -0.39 is 0 Å². The standard InChI is InChI=1S/C23H25ClN2O3/c1-13(2)12-26-22(27)20(17-8-6-14(3)10-15(17)4)21(23(26)28)25-16-7-9-19(29-5)18(24)11-16/h6-11,13,25H,12H2,1-5H3. The molecule has 0 unspecified atom stereocenters. The zero-order valence-electron chi connectivity index (χ0n) is 17.3. The first-order valence-electron chi connectivity index (χ1n) is 9.51. The van der Waals surface area contributed by atoms with Gasteiger partial charge in [-0.15, -0.1) is 0 Å². The highest BCUT2D eigenvalue weighted by Crippen LogP contribution is 2.34. The Morgan fingerprint density at radius 2 is 1.79 bits per heavy atom. The molecule has 0 spiro atoms. The minimum absolute atomic E-state index is 0.165. The van der Waals surface area contributed by atoms with Gasteiger partial charge in [0.15, 0.2) is 0 Å². The zero-order valence-corrected chi connectivity index (χ0v) is 18.1. The maximum Gasteiger partial charge on any atom is 0.278 e. The number of rotatable bonds is 6. The number of amides is 2. The number of carbonyl (C=O) groups excluding carboxylic acids is 2. The Hall–Kier alpha value is -2.79. The molecule has 0 saturated carbocycles. The Labute approximate surface area is 176 Å². The van der Waals surface area contributed by atoms with Crippen LogP contribution in [0.15, 0.2) is 42.1 Å². The summed E-state index contributed by atoms with van der Waals surface area (Å²) in [5.74, 6) is 0.0949. The van der Waals surface area contributed by atoms with Crippen molar-refractivity contribution >= 4 is 34.7 Å². The Morgan fingerprint density at radius 1 is 1.07 bits per heavy atom. The van der Waals surface area contributed by atoms with Crippen molar-refractivity contribution in [2.45, 2.75) is 27.7 Å². The number of ether oxygens (including phenoxy) is 1. The van der Waals surface area contributed by atoms with Crippen LogP contribution in [0.1, 0.15) is 30.5 Å². The minimum atomic E-state index is -0.328. The summed E-state index contributed by atoms with van der Waals surface area (Å²) in [6, 6.07) is 11.0. The number of nitrogens with zero attached hydrogens (tertiary/aromatic N) is 1. The summed E-state index contributed by atoms with van der Waals surface area (Å²) in [4.78, 5) is 27.7. The first-order valence-corrected chi connectivity index (χ1v) is 9.89. The maximum absolute atomic E-state index is 13.2. The Kier molecular flexibility index (Phi) is 5.99. The highest BCUT2D eigenvalue weighted by atomic mass is 35.5. The molecule has 0 aliphatic carbocycles. The summed E-state index contributed by atoms with van der Waals surface area (Å²) in [6.07, 6.45) is 0. The van der Waals surface area contributed by atoms with Crippen LogP contribution < -0.4 is 10.1 Å². The highest BCUT2D eigenvalue weighted by molar-refractivity contribution is 6.37. The van der Waals surface area contributed by atoms with Crippen molar-refractivity contribution in [1.29, 1.82) is 0 Å². The largest absolute Gasteiger partial charge is 0.495 e. The average molecular weight is 413 g/mol. The molecule has 2 aromatic carbocycles. The molecule has 0 radical (unpaired) electrons. The highest BCUT2D eigenvalue weighted by Gasteiger charge is 2.39. The van der Waals surface area contributed by atoms with Crippen LogP contribution in [0.5, 0.6) is 5.75 Å². The Balaban J connectivity index is 2.10. The molecular formula is C23H25ClN2O3. The summed E-state index contributed by atoms with van der Waals surface area (Å²) in [5, 5.41) is 3.55. The second-order valence-electron chi connectivity index (χ2n) is 7.66. The number of hydrogen-bond acceptors (Lipinski definition) is 4. The van der Waals surface area contributed by atoms with Gasteiger partial charge in [-0.3, -0.25) is 14.5 Å². The molecule has 0 aromatic heterocycles. The van der Waals surface area contributed by atoms with Gasteiger partial charge in [0, 0.05) is 12.2 Å². The number of anilines is 1. The molecule has 1 heterocycles. The fourth-order valence-corrected chi connectivity index (χ4v) is 3.71. The van der Waals surface area contributed by atoms with Gasteiger partial charge in [0.1, 0.15) is 11.4 Å². The molecule has 2 amide bonds. The second-order valence-corrected chi connectivity index (χ2v) is 8.06. The van der Waals surface area contributed by atoms with Crippen LogP contribution in [0.2, 0.25) is 5.02 Å². The van der Waals surface area contributed by atoms with E-state index in [-0.39, 0.29) is 23.4 Å². The Bertz CT molecular complexity index is 1010. The number of benzene rings is 2. The molecule has 1 N–H and O–H groups in total. The van der Waals surface area contributed by atoms with E-state index >= 15 is 0 Å². The van der Waals surface area contributed by atoms with E-state index in [9.17, 15) is 9.59 Å². The smallest absolute Gasteiger partial charge is 0.278 e. The topological polar surface area (TPSA) is 58.6 Å². The number of carbonyl (C=O) groups is 2. The lowest BCUT2D eigenvalue weighted by Crippen LogP contribution is -2.35. The number of hydrogen-bond donors (Lipinski definition) is 1. The van der Waals surface area contributed by atoms with Crippen molar-refractivity contribution in [2.24, 2.45) is 5.92 Å². The van der Waals surface area contributed by atoms with E-state index in [1.807, 2.05) is 45.9 Å². The molecular weight excluding hydrogens is 388 g/mol. The maximum atomic E-state index is 13.2. The number of aryl methyl sites for hydroxylation is 2. The molecule has 6 heteroatoms. The van der Waals surface area contributed by atoms with E-state index in [4.69, 9.17) is 16.3 Å². The van der Waals surface area contributed by atoms with E-state index in [0.717, 1.165) is 16.7 Å². The van der Waals surface area contributed by atoms with Crippen LogP contribution in [0.3, 0.4) is 0 Å². The van der Waals surface area contributed by atoms with Gasteiger partial charge < -0.3 is 10.1 Å². The van der Waals surface area contributed by atoms with Crippen LogP contribution in [0.25, 0.3) is 5.57 Å². The average Bonchev–Trinajstić information content (AvgIpc) is 2.86. The van der Waals surface area contributed by atoms with Crippen molar-refractivity contribution < 1.29 is 14.3 Å². The number of imide groups is 1. The van der Waals surface area contributed by atoms with Gasteiger partial charge in [-0.2, -0.15) is 0 Å². The summed E-state index contributed by atoms with van der Waals surface area (Å²) in [7, 11) is 1.54.